The number of aromatic nitrogens is 2. The van der Waals surface area contributed by atoms with E-state index in [0.29, 0.717) is 6.54 Å². The normalized spacial score (nSPS) is 10.6. The summed E-state index contributed by atoms with van der Waals surface area (Å²) < 4.78 is 1.55. The van der Waals surface area contributed by atoms with Crippen molar-refractivity contribution in [1.29, 1.82) is 0 Å². The highest BCUT2D eigenvalue weighted by Gasteiger charge is 2.07. The highest BCUT2D eigenvalue weighted by atomic mass is 16.2. The van der Waals surface area contributed by atoms with E-state index in [1.54, 1.807) is 10.9 Å². The van der Waals surface area contributed by atoms with Gasteiger partial charge in [0.2, 0.25) is 0 Å². The summed E-state index contributed by atoms with van der Waals surface area (Å²) in [4.78, 5) is 16.0. The first-order chi connectivity index (χ1) is 7.83. The first-order valence-electron chi connectivity index (χ1n) is 5.53. The fraction of sp³-hybridized carbons (Fsp3) is 0.333. The third-order valence-corrected chi connectivity index (χ3v) is 2.48. The van der Waals surface area contributed by atoms with Crippen molar-refractivity contribution in [3.63, 3.8) is 0 Å². The second-order valence-electron chi connectivity index (χ2n) is 3.69. The summed E-state index contributed by atoms with van der Waals surface area (Å²) in [6.07, 6.45) is 3.63. The minimum atomic E-state index is -0.109. The average Bonchev–Trinajstić information content (AvgIpc) is 2.73. The number of benzene rings is 1. The first-order valence-corrected chi connectivity index (χ1v) is 5.53. The Kier molecular flexibility index (Phi) is 3.19. The van der Waals surface area contributed by atoms with Crippen LogP contribution in [0.1, 0.15) is 19.8 Å². The summed E-state index contributed by atoms with van der Waals surface area (Å²) in [5.74, 6) is 0. The highest BCUT2D eigenvalue weighted by molar-refractivity contribution is 5.88. The molecule has 4 heteroatoms. The van der Waals surface area contributed by atoms with Crippen LogP contribution in [0.25, 0.3) is 11.0 Å². The molecule has 84 valence electrons. The van der Waals surface area contributed by atoms with Crippen molar-refractivity contribution in [3.8, 4) is 0 Å². The summed E-state index contributed by atoms with van der Waals surface area (Å²) in [5, 5.41) is 2.86. The number of amides is 1. The Bertz CT molecular complexity index is 490. The number of hydrogen-bond acceptors (Lipinski definition) is 2. The molecule has 1 heterocycles. The van der Waals surface area contributed by atoms with Crippen molar-refractivity contribution in [2.75, 3.05) is 6.54 Å². The highest BCUT2D eigenvalue weighted by Crippen LogP contribution is 2.10. The van der Waals surface area contributed by atoms with E-state index < -0.39 is 0 Å². The van der Waals surface area contributed by atoms with Crippen LogP contribution in [0, 0.1) is 0 Å². The number of fused-ring (bicyclic) bond motifs is 1. The zero-order valence-electron chi connectivity index (χ0n) is 9.31. The number of unbranched alkanes of at least 4 members (excludes halogenated alkanes) is 1. The fourth-order valence-electron chi connectivity index (χ4n) is 1.58. The van der Waals surface area contributed by atoms with Crippen LogP contribution in [0.2, 0.25) is 0 Å². The van der Waals surface area contributed by atoms with E-state index >= 15 is 0 Å². The molecule has 1 amide bonds. The van der Waals surface area contributed by atoms with Gasteiger partial charge in [-0.15, -0.1) is 0 Å². The Morgan fingerprint density at radius 2 is 2.25 bits per heavy atom. The van der Waals surface area contributed by atoms with Gasteiger partial charge in [0.05, 0.1) is 11.0 Å². The number of nitrogens with zero attached hydrogens (tertiary/aromatic N) is 2. The lowest BCUT2D eigenvalue weighted by Gasteiger charge is -2.04. The smallest absolute Gasteiger partial charge is 0.327 e. The molecule has 0 saturated carbocycles. The maximum atomic E-state index is 11.8. The fourth-order valence-corrected chi connectivity index (χ4v) is 1.58. The van der Waals surface area contributed by atoms with Gasteiger partial charge in [0.1, 0.15) is 6.33 Å². The van der Waals surface area contributed by atoms with Crippen LogP contribution in [0.3, 0.4) is 0 Å². The summed E-state index contributed by atoms with van der Waals surface area (Å²) in [7, 11) is 0. The van der Waals surface area contributed by atoms with Crippen molar-refractivity contribution in [3.05, 3.63) is 30.6 Å². The average molecular weight is 217 g/mol. The Morgan fingerprint density at radius 1 is 1.44 bits per heavy atom. The van der Waals surface area contributed by atoms with E-state index in [1.165, 1.54) is 0 Å². The van der Waals surface area contributed by atoms with Crippen LogP contribution in [-0.2, 0) is 0 Å². The SMILES string of the molecule is CCCCNC(=O)n1cnc2ccccc21. The predicted octanol–water partition coefficient (Wildman–Crippen LogP) is 2.39. The summed E-state index contributed by atoms with van der Waals surface area (Å²) in [6.45, 7) is 2.81. The Morgan fingerprint density at radius 3 is 3.06 bits per heavy atom. The number of para-hydroxylation sites is 2. The molecule has 0 aliphatic carbocycles. The van der Waals surface area contributed by atoms with E-state index in [-0.39, 0.29) is 6.03 Å². The number of rotatable bonds is 3. The molecule has 1 N–H and O–H groups in total. The third kappa shape index (κ3) is 2.05. The van der Waals surface area contributed by atoms with Gasteiger partial charge in [-0.05, 0) is 18.6 Å². The van der Waals surface area contributed by atoms with Gasteiger partial charge in [-0.1, -0.05) is 25.5 Å². The molecule has 0 fully saturated rings. The number of imidazole rings is 1. The first kappa shape index (κ1) is 10.7. The second kappa shape index (κ2) is 4.79. The standard InChI is InChI=1S/C12H15N3O/c1-2-3-8-13-12(16)15-9-14-10-6-4-5-7-11(10)15/h4-7,9H,2-3,8H2,1H3,(H,13,16). The van der Waals surface area contributed by atoms with Gasteiger partial charge >= 0.3 is 6.03 Å². The topological polar surface area (TPSA) is 46.9 Å². The number of hydrogen-bond donors (Lipinski definition) is 1. The maximum Gasteiger partial charge on any atom is 0.327 e. The Hall–Kier alpha value is -1.84. The van der Waals surface area contributed by atoms with Crippen LogP contribution in [-0.4, -0.2) is 22.1 Å². The van der Waals surface area contributed by atoms with Gasteiger partial charge in [0.25, 0.3) is 0 Å². The molecule has 0 aliphatic rings. The molecule has 0 bridgehead atoms. The lowest BCUT2D eigenvalue weighted by atomic mass is 10.3. The molecule has 4 nitrogen and oxygen atoms in total. The lowest BCUT2D eigenvalue weighted by Crippen LogP contribution is -2.28. The largest absolute Gasteiger partial charge is 0.337 e. The van der Waals surface area contributed by atoms with Crippen LogP contribution in [0.4, 0.5) is 4.79 Å². The molecule has 0 atom stereocenters. The van der Waals surface area contributed by atoms with Gasteiger partial charge in [0, 0.05) is 6.54 Å². The zero-order valence-corrected chi connectivity index (χ0v) is 9.31. The number of carbonyl (C=O) groups is 1. The number of nitrogens with one attached hydrogen (secondary N) is 1. The molecular weight excluding hydrogens is 202 g/mol. The van der Waals surface area contributed by atoms with Crippen molar-refractivity contribution in [1.82, 2.24) is 14.9 Å². The molecule has 0 unspecified atom stereocenters. The predicted molar refractivity (Wildman–Crippen MR) is 63.4 cm³/mol. The summed E-state index contributed by atoms with van der Waals surface area (Å²) in [6, 6.07) is 7.49. The molecule has 2 aromatic rings. The third-order valence-electron chi connectivity index (χ3n) is 2.48. The quantitative estimate of drug-likeness (QED) is 0.802. The van der Waals surface area contributed by atoms with Crippen LogP contribution in [0.5, 0.6) is 0 Å². The van der Waals surface area contributed by atoms with Gasteiger partial charge in [-0.25, -0.2) is 9.78 Å². The summed E-state index contributed by atoms with van der Waals surface area (Å²) >= 11 is 0. The van der Waals surface area contributed by atoms with E-state index in [1.807, 2.05) is 24.3 Å². The molecule has 1 aromatic heterocycles. The van der Waals surface area contributed by atoms with Gasteiger partial charge in [-0.3, -0.25) is 4.57 Å². The monoisotopic (exact) mass is 217 g/mol. The van der Waals surface area contributed by atoms with Crippen molar-refractivity contribution >= 4 is 17.1 Å². The minimum absolute atomic E-state index is 0.109. The molecule has 16 heavy (non-hydrogen) atoms. The van der Waals surface area contributed by atoms with Crippen molar-refractivity contribution in [2.45, 2.75) is 19.8 Å². The molecule has 0 spiro atoms. The lowest BCUT2D eigenvalue weighted by molar-refractivity contribution is 0.243. The van der Waals surface area contributed by atoms with Crippen LogP contribution >= 0.6 is 0 Å². The minimum Gasteiger partial charge on any atom is -0.337 e. The molecule has 1 aromatic carbocycles. The van der Waals surface area contributed by atoms with Crippen molar-refractivity contribution in [2.24, 2.45) is 0 Å². The van der Waals surface area contributed by atoms with E-state index in [2.05, 4.69) is 17.2 Å². The van der Waals surface area contributed by atoms with Crippen LogP contribution < -0.4 is 5.32 Å². The van der Waals surface area contributed by atoms with E-state index in [9.17, 15) is 4.79 Å². The van der Waals surface area contributed by atoms with E-state index in [0.717, 1.165) is 23.9 Å². The van der Waals surface area contributed by atoms with Gasteiger partial charge < -0.3 is 5.32 Å². The van der Waals surface area contributed by atoms with Gasteiger partial charge in [-0.2, -0.15) is 0 Å². The molecule has 0 radical (unpaired) electrons. The zero-order chi connectivity index (χ0) is 11.4. The molecular formula is C12H15N3O. The molecule has 2 rings (SSSR count). The van der Waals surface area contributed by atoms with Gasteiger partial charge in [0.15, 0.2) is 0 Å². The second-order valence-corrected chi connectivity index (χ2v) is 3.69. The van der Waals surface area contributed by atoms with Crippen LogP contribution in [0.15, 0.2) is 30.6 Å². The molecule has 0 saturated heterocycles. The Labute approximate surface area is 94.3 Å². The number of carbonyl (C=O) groups excluding carboxylic acids is 1. The summed E-state index contributed by atoms with van der Waals surface area (Å²) in [5.41, 5.74) is 1.68. The Balaban J connectivity index is 2.17. The van der Waals surface area contributed by atoms with Crippen molar-refractivity contribution < 1.29 is 4.79 Å². The van der Waals surface area contributed by atoms with E-state index in [4.69, 9.17) is 0 Å². The molecule has 0 aliphatic heterocycles. The maximum absolute atomic E-state index is 11.8.